The van der Waals surface area contributed by atoms with Gasteiger partial charge in [0.05, 0.1) is 11.7 Å². The fraction of sp³-hybridized carbons (Fsp3) is 0.769. The summed E-state index contributed by atoms with van der Waals surface area (Å²) in [6, 6.07) is 2.73. The van der Waals surface area contributed by atoms with Crippen LogP contribution in [0.1, 0.15) is 44.6 Å². The molecule has 3 nitrogen and oxygen atoms in total. The molecule has 1 aliphatic heterocycles. The predicted octanol–water partition coefficient (Wildman–Crippen LogP) is 2.55. The Morgan fingerprint density at radius 2 is 2.00 bits per heavy atom. The summed E-state index contributed by atoms with van der Waals surface area (Å²) in [7, 11) is 0. The molecule has 0 N–H and O–H groups in total. The van der Waals surface area contributed by atoms with E-state index in [1.54, 1.807) is 0 Å². The van der Waals surface area contributed by atoms with Crippen molar-refractivity contribution < 1.29 is 0 Å². The van der Waals surface area contributed by atoms with Gasteiger partial charge in [0.25, 0.3) is 0 Å². The molecule has 0 radical (unpaired) electrons. The van der Waals surface area contributed by atoms with Crippen molar-refractivity contribution in [1.29, 1.82) is 0 Å². The van der Waals surface area contributed by atoms with Crippen molar-refractivity contribution in [3.8, 4) is 0 Å². The van der Waals surface area contributed by atoms with E-state index in [0.29, 0.717) is 6.04 Å². The first-order valence-electron chi connectivity index (χ1n) is 6.16. The zero-order valence-corrected chi connectivity index (χ0v) is 11.1. The van der Waals surface area contributed by atoms with Gasteiger partial charge in [-0.2, -0.15) is 5.10 Å². The fourth-order valence-corrected chi connectivity index (χ4v) is 2.57. The summed E-state index contributed by atoms with van der Waals surface area (Å²) in [5.74, 6) is 0. The Morgan fingerprint density at radius 1 is 1.31 bits per heavy atom. The Labute approximate surface area is 98.4 Å². The van der Waals surface area contributed by atoms with Crippen molar-refractivity contribution in [3.05, 3.63) is 17.5 Å². The van der Waals surface area contributed by atoms with Crippen molar-refractivity contribution in [2.75, 3.05) is 13.1 Å². The van der Waals surface area contributed by atoms with Crippen molar-refractivity contribution in [3.63, 3.8) is 0 Å². The molecule has 3 heteroatoms. The third-order valence-electron chi connectivity index (χ3n) is 3.50. The van der Waals surface area contributed by atoms with Gasteiger partial charge in [0.15, 0.2) is 0 Å². The van der Waals surface area contributed by atoms with Crippen molar-refractivity contribution in [2.45, 2.75) is 52.6 Å². The average Bonchev–Trinajstić information content (AvgIpc) is 2.70. The third-order valence-corrected chi connectivity index (χ3v) is 3.50. The topological polar surface area (TPSA) is 21.1 Å². The summed E-state index contributed by atoms with van der Waals surface area (Å²) in [4.78, 5) is 2.55. The summed E-state index contributed by atoms with van der Waals surface area (Å²) in [5.41, 5.74) is 2.70. The van der Waals surface area contributed by atoms with Crippen molar-refractivity contribution in [2.24, 2.45) is 0 Å². The molecule has 0 aromatic carbocycles. The summed E-state index contributed by atoms with van der Waals surface area (Å²) < 4.78 is 2.21. The van der Waals surface area contributed by atoms with E-state index >= 15 is 0 Å². The molecule has 1 aromatic rings. The molecule has 1 aliphatic rings. The van der Waals surface area contributed by atoms with Gasteiger partial charge in [-0.25, -0.2) is 0 Å². The molecule has 16 heavy (non-hydrogen) atoms. The van der Waals surface area contributed by atoms with E-state index in [2.05, 4.69) is 55.4 Å². The fourth-order valence-electron chi connectivity index (χ4n) is 2.57. The van der Waals surface area contributed by atoms with Crippen LogP contribution >= 0.6 is 0 Å². The lowest BCUT2D eigenvalue weighted by atomic mass is 10.1. The van der Waals surface area contributed by atoms with E-state index in [0.717, 1.165) is 12.2 Å². The molecule has 2 heterocycles. The molecule has 1 unspecified atom stereocenters. The minimum absolute atomic E-state index is 0.283. The van der Waals surface area contributed by atoms with E-state index in [1.165, 1.54) is 18.7 Å². The number of aromatic nitrogens is 2. The van der Waals surface area contributed by atoms with Gasteiger partial charge in [0, 0.05) is 24.3 Å². The maximum atomic E-state index is 4.60. The Kier molecular flexibility index (Phi) is 2.82. The Bertz CT molecular complexity index is 373. The SMILES string of the molecule is Cc1cc(C)n(C2CCN(C(C)(C)C)C2)n1. The highest BCUT2D eigenvalue weighted by Crippen LogP contribution is 2.28. The largest absolute Gasteiger partial charge is 0.296 e. The lowest BCUT2D eigenvalue weighted by Crippen LogP contribution is -2.39. The first-order chi connectivity index (χ1) is 7.38. The van der Waals surface area contributed by atoms with Crippen LogP contribution in [-0.4, -0.2) is 33.3 Å². The number of nitrogens with zero attached hydrogens (tertiary/aromatic N) is 3. The number of aryl methyl sites for hydroxylation is 2. The monoisotopic (exact) mass is 221 g/mol. The number of hydrogen-bond donors (Lipinski definition) is 0. The van der Waals surface area contributed by atoms with Crippen LogP contribution in [0.2, 0.25) is 0 Å². The maximum Gasteiger partial charge on any atom is 0.0661 e. The molecule has 1 aromatic heterocycles. The van der Waals surface area contributed by atoms with Crippen LogP contribution < -0.4 is 0 Å². The second-order valence-electron chi connectivity index (χ2n) is 5.93. The summed E-state index contributed by atoms with van der Waals surface area (Å²) in [6.07, 6.45) is 1.22. The first-order valence-corrected chi connectivity index (χ1v) is 6.16. The molecule has 90 valence electrons. The van der Waals surface area contributed by atoms with Crippen LogP contribution in [0.3, 0.4) is 0 Å². The van der Waals surface area contributed by atoms with Gasteiger partial charge >= 0.3 is 0 Å². The van der Waals surface area contributed by atoms with Crippen LogP contribution in [0.15, 0.2) is 6.07 Å². The summed E-state index contributed by atoms with van der Waals surface area (Å²) in [5, 5.41) is 4.60. The van der Waals surface area contributed by atoms with E-state index in [4.69, 9.17) is 0 Å². The Balaban J connectivity index is 2.12. The highest BCUT2D eigenvalue weighted by molar-refractivity contribution is 5.08. The molecule has 2 rings (SSSR count). The maximum absolute atomic E-state index is 4.60. The van der Waals surface area contributed by atoms with Gasteiger partial charge < -0.3 is 0 Å². The molecule has 0 saturated carbocycles. The zero-order valence-electron chi connectivity index (χ0n) is 11.1. The van der Waals surface area contributed by atoms with E-state index in [-0.39, 0.29) is 5.54 Å². The average molecular weight is 221 g/mol. The van der Waals surface area contributed by atoms with Crippen LogP contribution in [0.25, 0.3) is 0 Å². The molecule has 0 aliphatic carbocycles. The Hall–Kier alpha value is -0.830. The quantitative estimate of drug-likeness (QED) is 0.726. The van der Waals surface area contributed by atoms with Crippen molar-refractivity contribution >= 4 is 0 Å². The molecule has 1 atom stereocenters. The standard InChI is InChI=1S/C13H23N3/c1-10-8-11(2)16(14-10)12-6-7-15(9-12)13(3,4)5/h8,12H,6-7,9H2,1-5H3. The van der Waals surface area contributed by atoms with E-state index in [1.807, 2.05) is 0 Å². The van der Waals surface area contributed by atoms with Crippen LogP contribution in [0.4, 0.5) is 0 Å². The molecule has 0 spiro atoms. The second kappa shape index (κ2) is 3.88. The Morgan fingerprint density at radius 3 is 2.44 bits per heavy atom. The van der Waals surface area contributed by atoms with Crippen LogP contribution in [0.5, 0.6) is 0 Å². The van der Waals surface area contributed by atoms with E-state index in [9.17, 15) is 0 Å². The first kappa shape index (κ1) is 11.6. The highest BCUT2D eigenvalue weighted by atomic mass is 15.3. The summed E-state index contributed by atoms with van der Waals surface area (Å²) in [6.45, 7) is 13.4. The minimum Gasteiger partial charge on any atom is -0.296 e. The number of likely N-dealkylation sites (tertiary alicyclic amines) is 1. The molecule has 1 fully saturated rings. The van der Waals surface area contributed by atoms with Crippen molar-refractivity contribution in [1.82, 2.24) is 14.7 Å². The smallest absolute Gasteiger partial charge is 0.0661 e. The van der Waals surface area contributed by atoms with Crippen LogP contribution in [-0.2, 0) is 0 Å². The predicted molar refractivity (Wildman–Crippen MR) is 66.7 cm³/mol. The van der Waals surface area contributed by atoms with Gasteiger partial charge in [-0.3, -0.25) is 9.58 Å². The van der Waals surface area contributed by atoms with Crippen LogP contribution in [0, 0.1) is 13.8 Å². The van der Waals surface area contributed by atoms with Gasteiger partial charge in [-0.05, 0) is 47.1 Å². The molecule has 0 amide bonds. The van der Waals surface area contributed by atoms with E-state index < -0.39 is 0 Å². The molecular weight excluding hydrogens is 198 g/mol. The van der Waals surface area contributed by atoms with Gasteiger partial charge in [0.1, 0.15) is 0 Å². The zero-order chi connectivity index (χ0) is 11.9. The normalized spacial score (nSPS) is 22.9. The van der Waals surface area contributed by atoms with Gasteiger partial charge in [-0.15, -0.1) is 0 Å². The lowest BCUT2D eigenvalue weighted by molar-refractivity contribution is 0.167. The lowest BCUT2D eigenvalue weighted by Gasteiger charge is -2.31. The van der Waals surface area contributed by atoms with Gasteiger partial charge in [0.2, 0.25) is 0 Å². The minimum atomic E-state index is 0.283. The molecule has 0 bridgehead atoms. The molecular formula is C13H23N3. The second-order valence-corrected chi connectivity index (χ2v) is 5.93. The van der Waals surface area contributed by atoms with Gasteiger partial charge in [-0.1, -0.05) is 0 Å². The number of hydrogen-bond acceptors (Lipinski definition) is 2. The highest BCUT2D eigenvalue weighted by Gasteiger charge is 2.31. The summed E-state index contributed by atoms with van der Waals surface area (Å²) >= 11 is 0. The number of rotatable bonds is 1. The third kappa shape index (κ3) is 2.14. The molecule has 1 saturated heterocycles.